The van der Waals surface area contributed by atoms with Gasteiger partial charge in [0.2, 0.25) is 5.88 Å². The van der Waals surface area contributed by atoms with Gasteiger partial charge in [-0.15, -0.1) is 0 Å². The zero-order valence-corrected chi connectivity index (χ0v) is 15.1. The van der Waals surface area contributed by atoms with Gasteiger partial charge < -0.3 is 14.6 Å². The summed E-state index contributed by atoms with van der Waals surface area (Å²) >= 11 is 0. The Balaban J connectivity index is 1.86. The quantitative estimate of drug-likeness (QED) is 0.684. The van der Waals surface area contributed by atoms with Crippen LogP contribution in [0.2, 0.25) is 0 Å². The van der Waals surface area contributed by atoms with Crippen LogP contribution in [-0.4, -0.2) is 28.2 Å². The van der Waals surface area contributed by atoms with Crippen molar-refractivity contribution in [3.8, 4) is 23.0 Å². The van der Waals surface area contributed by atoms with Crippen LogP contribution in [0.1, 0.15) is 24.1 Å². The Labute approximate surface area is 157 Å². The summed E-state index contributed by atoms with van der Waals surface area (Å²) in [7, 11) is 1.55. The molecule has 1 aromatic heterocycles. The minimum absolute atomic E-state index is 0.169. The molecule has 3 aromatic rings. The van der Waals surface area contributed by atoms with E-state index in [0.717, 1.165) is 5.56 Å². The summed E-state index contributed by atoms with van der Waals surface area (Å²) in [6, 6.07) is 18.4. The standard InChI is InChI=1S/C21H20N2O4/c1-14(21(24)25)17-10-6-7-11-18(17)27-13-16-12-19(26-2)23-20(22-16)15-8-4-3-5-9-15/h3-12,14H,13H2,1-2H3,(H,24,25). The van der Waals surface area contributed by atoms with Crippen LogP contribution in [0, 0.1) is 0 Å². The first-order valence-electron chi connectivity index (χ1n) is 8.50. The maximum absolute atomic E-state index is 11.3. The molecule has 2 aromatic carbocycles. The van der Waals surface area contributed by atoms with Crippen molar-refractivity contribution in [2.24, 2.45) is 0 Å². The first-order chi connectivity index (χ1) is 13.1. The smallest absolute Gasteiger partial charge is 0.310 e. The maximum Gasteiger partial charge on any atom is 0.310 e. The summed E-state index contributed by atoms with van der Waals surface area (Å²) in [6.07, 6.45) is 0. The molecule has 0 aliphatic heterocycles. The molecular formula is C21H20N2O4. The number of hydrogen-bond donors (Lipinski definition) is 1. The second-order valence-electron chi connectivity index (χ2n) is 5.98. The summed E-state index contributed by atoms with van der Waals surface area (Å²) in [5, 5.41) is 9.28. The molecule has 0 radical (unpaired) electrons. The Morgan fingerprint density at radius 3 is 2.48 bits per heavy atom. The predicted octanol–water partition coefficient (Wildman–Crippen LogP) is 3.92. The molecule has 0 fully saturated rings. The summed E-state index contributed by atoms with van der Waals surface area (Å²) in [6.45, 7) is 1.80. The molecule has 1 unspecified atom stereocenters. The van der Waals surface area contributed by atoms with Crippen LogP contribution in [0.4, 0.5) is 0 Å². The molecule has 0 amide bonds. The molecule has 138 valence electrons. The number of carboxylic acids is 1. The molecule has 0 aliphatic carbocycles. The molecule has 6 nitrogen and oxygen atoms in total. The molecule has 0 saturated carbocycles. The van der Waals surface area contributed by atoms with Crippen LogP contribution in [-0.2, 0) is 11.4 Å². The summed E-state index contributed by atoms with van der Waals surface area (Å²) in [5.41, 5.74) is 2.13. The van der Waals surface area contributed by atoms with E-state index in [-0.39, 0.29) is 6.61 Å². The van der Waals surface area contributed by atoms with Crippen molar-refractivity contribution < 1.29 is 19.4 Å². The van der Waals surface area contributed by atoms with E-state index < -0.39 is 11.9 Å². The van der Waals surface area contributed by atoms with Gasteiger partial charge in [0.1, 0.15) is 12.4 Å². The second kappa shape index (κ2) is 8.31. The number of carboxylic acid groups (broad SMARTS) is 1. The number of aromatic nitrogens is 2. The van der Waals surface area contributed by atoms with Crippen LogP contribution < -0.4 is 9.47 Å². The van der Waals surface area contributed by atoms with E-state index in [1.54, 1.807) is 38.3 Å². The molecule has 27 heavy (non-hydrogen) atoms. The maximum atomic E-state index is 11.3. The van der Waals surface area contributed by atoms with Crippen molar-refractivity contribution in [1.29, 1.82) is 0 Å². The van der Waals surface area contributed by atoms with Gasteiger partial charge in [0.15, 0.2) is 5.82 Å². The fraction of sp³-hybridized carbons (Fsp3) is 0.190. The average Bonchev–Trinajstić information content (AvgIpc) is 2.72. The monoisotopic (exact) mass is 364 g/mol. The Morgan fingerprint density at radius 1 is 1.07 bits per heavy atom. The Bertz CT molecular complexity index is 928. The fourth-order valence-electron chi connectivity index (χ4n) is 2.62. The topological polar surface area (TPSA) is 81.5 Å². The SMILES string of the molecule is COc1cc(COc2ccccc2C(C)C(=O)O)nc(-c2ccccc2)n1. The number of carbonyl (C=O) groups is 1. The summed E-state index contributed by atoms with van der Waals surface area (Å²) in [4.78, 5) is 20.2. The van der Waals surface area contributed by atoms with Crippen molar-refractivity contribution in [3.05, 3.63) is 71.9 Å². The lowest BCUT2D eigenvalue weighted by Gasteiger charge is -2.14. The second-order valence-corrected chi connectivity index (χ2v) is 5.98. The summed E-state index contributed by atoms with van der Waals surface area (Å²) in [5.74, 6) is -0.0660. The minimum atomic E-state index is -0.902. The Kier molecular flexibility index (Phi) is 5.66. The molecule has 1 atom stereocenters. The molecule has 1 heterocycles. The van der Waals surface area contributed by atoms with Gasteiger partial charge >= 0.3 is 5.97 Å². The van der Waals surface area contributed by atoms with Gasteiger partial charge in [0.05, 0.1) is 18.7 Å². The predicted molar refractivity (Wildman–Crippen MR) is 101 cm³/mol. The van der Waals surface area contributed by atoms with Crippen LogP contribution in [0.15, 0.2) is 60.7 Å². The van der Waals surface area contributed by atoms with Gasteiger partial charge in [-0.25, -0.2) is 4.98 Å². The van der Waals surface area contributed by atoms with Crippen molar-refractivity contribution in [3.63, 3.8) is 0 Å². The minimum Gasteiger partial charge on any atom is -0.487 e. The van der Waals surface area contributed by atoms with E-state index in [0.29, 0.717) is 28.7 Å². The average molecular weight is 364 g/mol. The van der Waals surface area contributed by atoms with Gasteiger partial charge in [0.25, 0.3) is 0 Å². The highest BCUT2D eigenvalue weighted by molar-refractivity contribution is 5.76. The van der Waals surface area contributed by atoms with Gasteiger partial charge in [-0.1, -0.05) is 48.5 Å². The van der Waals surface area contributed by atoms with Gasteiger partial charge in [-0.05, 0) is 13.0 Å². The first-order valence-corrected chi connectivity index (χ1v) is 8.50. The van der Waals surface area contributed by atoms with E-state index in [1.165, 1.54) is 0 Å². The van der Waals surface area contributed by atoms with E-state index in [2.05, 4.69) is 9.97 Å². The summed E-state index contributed by atoms with van der Waals surface area (Å²) < 4.78 is 11.2. The largest absolute Gasteiger partial charge is 0.487 e. The number of aliphatic carboxylic acids is 1. The molecule has 0 spiro atoms. The lowest BCUT2D eigenvalue weighted by molar-refractivity contribution is -0.138. The lowest BCUT2D eigenvalue weighted by Crippen LogP contribution is -2.10. The van der Waals surface area contributed by atoms with Crippen LogP contribution in [0.3, 0.4) is 0 Å². The van der Waals surface area contributed by atoms with E-state index in [9.17, 15) is 9.90 Å². The number of para-hydroxylation sites is 1. The Morgan fingerprint density at radius 2 is 1.78 bits per heavy atom. The highest BCUT2D eigenvalue weighted by Crippen LogP contribution is 2.27. The number of methoxy groups -OCH3 is 1. The third kappa shape index (κ3) is 4.41. The number of hydrogen-bond acceptors (Lipinski definition) is 5. The zero-order valence-electron chi connectivity index (χ0n) is 15.1. The molecule has 0 bridgehead atoms. The Hall–Kier alpha value is -3.41. The van der Waals surface area contributed by atoms with E-state index in [4.69, 9.17) is 9.47 Å². The molecule has 0 saturated heterocycles. The number of nitrogens with zero attached hydrogens (tertiary/aromatic N) is 2. The highest BCUT2D eigenvalue weighted by Gasteiger charge is 2.18. The normalized spacial score (nSPS) is 11.6. The van der Waals surface area contributed by atoms with Crippen LogP contribution >= 0.6 is 0 Å². The van der Waals surface area contributed by atoms with Gasteiger partial charge in [0, 0.05) is 17.2 Å². The fourth-order valence-corrected chi connectivity index (χ4v) is 2.62. The van der Waals surface area contributed by atoms with E-state index >= 15 is 0 Å². The molecule has 0 aliphatic rings. The number of benzene rings is 2. The van der Waals surface area contributed by atoms with Gasteiger partial charge in [-0.3, -0.25) is 4.79 Å². The van der Waals surface area contributed by atoms with E-state index in [1.807, 2.05) is 36.4 Å². The van der Waals surface area contributed by atoms with Crippen molar-refractivity contribution in [2.75, 3.05) is 7.11 Å². The molecular weight excluding hydrogens is 344 g/mol. The number of rotatable bonds is 7. The van der Waals surface area contributed by atoms with Crippen molar-refractivity contribution >= 4 is 5.97 Å². The lowest BCUT2D eigenvalue weighted by atomic mass is 10.0. The first kappa shape index (κ1) is 18.4. The highest BCUT2D eigenvalue weighted by atomic mass is 16.5. The third-order valence-electron chi connectivity index (χ3n) is 4.13. The molecule has 6 heteroatoms. The van der Waals surface area contributed by atoms with Crippen LogP contribution in [0.5, 0.6) is 11.6 Å². The zero-order chi connectivity index (χ0) is 19.2. The van der Waals surface area contributed by atoms with Crippen molar-refractivity contribution in [1.82, 2.24) is 9.97 Å². The third-order valence-corrected chi connectivity index (χ3v) is 4.13. The number of ether oxygens (including phenoxy) is 2. The van der Waals surface area contributed by atoms with Crippen molar-refractivity contribution in [2.45, 2.75) is 19.4 Å². The van der Waals surface area contributed by atoms with Gasteiger partial charge in [-0.2, -0.15) is 4.98 Å². The molecule has 3 rings (SSSR count). The van der Waals surface area contributed by atoms with Crippen LogP contribution in [0.25, 0.3) is 11.4 Å². The molecule has 1 N–H and O–H groups in total.